The van der Waals surface area contributed by atoms with Gasteiger partial charge in [-0.05, 0) is 29.7 Å². The minimum atomic E-state index is 0.376. The molecule has 4 aromatic rings. The molecule has 0 aliphatic carbocycles. The van der Waals surface area contributed by atoms with E-state index in [1.54, 1.807) is 18.2 Å². The minimum Gasteiger partial charge on any atom is -0.393 e. The predicted octanol–water partition coefficient (Wildman–Crippen LogP) is 6.01. The number of nitrogens with two attached hydrogens (primary N) is 1. The molecule has 1 heterocycles. The molecule has 4 rings (SSSR count). The van der Waals surface area contributed by atoms with Gasteiger partial charge in [-0.1, -0.05) is 59.6 Å². The summed E-state index contributed by atoms with van der Waals surface area (Å²) < 4.78 is 0. The average Bonchev–Trinajstić information content (AvgIpc) is 2.68. The molecule has 0 spiro atoms. The molecule has 1 aromatic heterocycles. The van der Waals surface area contributed by atoms with Crippen LogP contribution in [0.25, 0.3) is 10.8 Å². The van der Waals surface area contributed by atoms with E-state index < -0.39 is 0 Å². The first-order valence-corrected chi connectivity index (χ1v) is 8.95. The van der Waals surface area contributed by atoms with E-state index in [4.69, 9.17) is 28.9 Å². The zero-order chi connectivity index (χ0) is 18.8. The van der Waals surface area contributed by atoms with E-state index in [-0.39, 0.29) is 0 Å². The van der Waals surface area contributed by atoms with Crippen LogP contribution in [0.3, 0.4) is 0 Å². The second kappa shape index (κ2) is 7.31. The third-order valence-corrected chi connectivity index (χ3v) is 4.67. The van der Waals surface area contributed by atoms with Crippen LogP contribution in [0.15, 0.2) is 67.0 Å². The van der Waals surface area contributed by atoms with Crippen molar-refractivity contribution < 1.29 is 0 Å². The van der Waals surface area contributed by atoms with Crippen molar-refractivity contribution in [2.75, 3.05) is 16.4 Å². The van der Waals surface area contributed by atoms with Crippen molar-refractivity contribution in [2.45, 2.75) is 0 Å². The zero-order valence-electron chi connectivity index (χ0n) is 14.1. The Labute approximate surface area is 166 Å². The van der Waals surface area contributed by atoms with Crippen LogP contribution in [-0.4, -0.2) is 9.97 Å². The van der Waals surface area contributed by atoms with Gasteiger partial charge in [-0.15, -0.1) is 0 Å². The predicted molar refractivity (Wildman–Crippen MR) is 113 cm³/mol. The van der Waals surface area contributed by atoms with E-state index in [0.717, 1.165) is 16.5 Å². The molecular weight excluding hydrogens is 381 g/mol. The van der Waals surface area contributed by atoms with Crippen LogP contribution in [-0.2, 0) is 0 Å². The average molecular weight is 396 g/mol. The number of nitrogens with one attached hydrogen (secondary N) is 2. The van der Waals surface area contributed by atoms with Crippen LogP contribution in [0, 0.1) is 0 Å². The van der Waals surface area contributed by atoms with E-state index >= 15 is 0 Å². The molecule has 0 fully saturated rings. The van der Waals surface area contributed by atoms with Crippen LogP contribution in [0.5, 0.6) is 0 Å². The highest BCUT2D eigenvalue weighted by atomic mass is 35.5. The van der Waals surface area contributed by atoms with Crippen molar-refractivity contribution in [1.82, 2.24) is 9.97 Å². The summed E-state index contributed by atoms with van der Waals surface area (Å²) in [5.74, 6) is 0.943. The summed E-state index contributed by atoms with van der Waals surface area (Å²) in [6.07, 6.45) is 1.44. The highest BCUT2D eigenvalue weighted by molar-refractivity contribution is 6.35. The molecule has 7 heteroatoms. The smallest absolute Gasteiger partial charge is 0.159 e. The van der Waals surface area contributed by atoms with Crippen molar-refractivity contribution in [3.63, 3.8) is 0 Å². The van der Waals surface area contributed by atoms with E-state index in [1.165, 1.54) is 6.33 Å². The molecule has 0 aliphatic heterocycles. The Hall–Kier alpha value is -3.02. The Morgan fingerprint density at radius 1 is 0.778 bits per heavy atom. The summed E-state index contributed by atoms with van der Waals surface area (Å²) in [4.78, 5) is 8.50. The quantitative estimate of drug-likeness (QED) is 0.394. The van der Waals surface area contributed by atoms with Gasteiger partial charge in [0.05, 0.1) is 10.7 Å². The van der Waals surface area contributed by atoms with Crippen molar-refractivity contribution in [1.29, 1.82) is 0 Å². The van der Waals surface area contributed by atoms with Gasteiger partial charge < -0.3 is 16.4 Å². The number of aromatic nitrogens is 2. The molecule has 27 heavy (non-hydrogen) atoms. The highest BCUT2D eigenvalue weighted by Crippen LogP contribution is 2.33. The van der Waals surface area contributed by atoms with Crippen LogP contribution >= 0.6 is 23.2 Å². The molecule has 0 saturated heterocycles. The van der Waals surface area contributed by atoms with Gasteiger partial charge in [-0.3, -0.25) is 0 Å². The van der Waals surface area contributed by atoms with Gasteiger partial charge in [-0.2, -0.15) is 0 Å². The number of hydrogen-bond donors (Lipinski definition) is 3. The fourth-order valence-electron chi connectivity index (χ4n) is 2.78. The Kier molecular flexibility index (Phi) is 4.71. The lowest BCUT2D eigenvalue weighted by molar-refractivity contribution is 1.17. The molecule has 5 nitrogen and oxygen atoms in total. The summed E-state index contributed by atoms with van der Waals surface area (Å²) in [5, 5.41) is 9.68. The lowest BCUT2D eigenvalue weighted by atomic mass is 10.1. The maximum Gasteiger partial charge on any atom is 0.159 e. The summed E-state index contributed by atoms with van der Waals surface area (Å²) >= 11 is 12.3. The fourth-order valence-corrected chi connectivity index (χ4v) is 3.11. The molecule has 0 aliphatic rings. The van der Waals surface area contributed by atoms with E-state index in [2.05, 4.69) is 32.7 Å². The summed E-state index contributed by atoms with van der Waals surface area (Å²) in [6.45, 7) is 0. The third-order valence-electron chi connectivity index (χ3n) is 4.11. The van der Waals surface area contributed by atoms with E-state index in [1.807, 2.05) is 30.3 Å². The van der Waals surface area contributed by atoms with Gasteiger partial charge in [0.1, 0.15) is 12.0 Å². The molecule has 3 aromatic carbocycles. The number of anilines is 5. The van der Waals surface area contributed by atoms with Gasteiger partial charge >= 0.3 is 0 Å². The van der Waals surface area contributed by atoms with Crippen molar-refractivity contribution >= 4 is 62.7 Å². The maximum absolute atomic E-state index is 6.29. The van der Waals surface area contributed by atoms with Gasteiger partial charge in [0, 0.05) is 16.1 Å². The normalized spacial score (nSPS) is 10.7. The third kappa shape index (κ3) is 3.60. The highest BCUT2D eigenvalue weighted by Gasteiger charge is 2.11. The van der Waals surface area contributed by atoms with Crippen LogP contribution < -0.4 is 16.4 Å². The maximum atomic E-state index is 6.29. The van der Waals surface area contributed by atoms with Crippen molar-refractivity contribution in [3.8, 4) is 0 Å². The minimum absolute atomic E-state index is 0.376. The van der Waals surface area contributed by atoms with Crippen molar-refractivity contribution in [2.24, 2.45) is 0 Å². The number of fused-ring (bicyclic) bond motifs is 1. The number of benzene rings is 3. The van der Waals surface area contributed by atoms with Crippen LogP contribution in [0.1, 0.15) is 0 Å². The van der Waals surface area contributed by atoms with E-state index in [0.29, 0.717) is 33.1 Å². The molecule has 0 bridgehead atoms. The second-order valence-electron chi connectivity index (χ2n) is 5.89. The number of rotatable bonds is 4. The molecule has 134 valence electrons. The Balaban J connectivity index is 1.69. The summed E-state index contributed by atoms with van der Waals surface area (Å²) in [6, 6.07) is 19.2. The summed E-state index contributed by atoms with van der Waals surface area (Å²) in [7, 11) is 0. The SMILES string of the molecule is Nc1c(Nc2cc(Cl)ccc2Cl)ncnc1Nc1cccc2ccccc12. The van der Waals surface area contributed by atoms with Gasteiger partial charge in [0.15, 0.2) is 11.6 Å². The first-order valence-electron chi connectivity index (χ1n) is 8.19. The van der Waals surface area contributed by atoms with E-state index in [9.17, 15) is 0 Å². The molecular formula is C20H15Cl2N5. The van der Waals surface area contributed by atoms with Gasteiger partial charge in [0.25, 0.3) is 0 Å². The van der Waals surface area contributed by atoms with Gasteiger partial charge in [-0.25, -0.2) is 9.97 Å². The fraction of sp³-hybridized carbons (Fsp3) is 0. The van der Waals surface area contributed by atoms with Crippen LogP contribution in [0.2, 0.25) is 10.0 Å². The molecule has 0 amide bonds. The Bertz CT molecular complexity index is 1130. The number of nitrogen functional groups attached to an aromatic ring is 1. The molecule has 0 unspecified atom stereocenters. The number of halogens is 2. The topological polar surface area (TPSA) is 75.9 Å². The van der Waals surface area contributed by atoms with Crippen LogP contribution in [0.4, 0.5) is 28.7 Å². The number of hydrogen-bond acceptors (Lipinski definition) is 5. The van der Waals surface area contributed by atoms with Crippen molar-refractivity contribution in [3.05, 3.63) is 77.0 Å². The molecule has 0 saturated carbocycles. The lowest BCUT2D eigenvalue weighted by Gasteiger charge is -2.14. The molecule has 0 radical (unpaired) electrons. The Morgan fingerprint density at radius 2 is 1.48 bits per heavy atom. The standard InChI is InChI=1S/C20H15Cl2N5/c21-13-8-9-15(22)17(10-13)27-20-18(23)19(24-11-25-20)26-16-7-3-5-12-4-1-2-6-14(12)16/h1-11H,23H2,(H2,24,25,26,27). The zero-order valence-corrected chi connectivity index (χ0v) is 15.6. The summed E-state index contributed by atoms with van der Waals surface area (Å²) in [5.41, 5.74) is 8.19. The largest absolute Gasteiger partial charge is 0.393 e. The monoisotopic (exact) mass is 395 g/mol. The molecule has 0 atom stereocenters. The van der Waals surface area contributed by atoms with Gasteiger partial charge in [0.2, 0.25) is 0 Å². The number of nitrogens with zero attached hydrogens (tertiary/aromatic N) is 2. The second-order valence-corrected chi connectivity index (χ2v) is 6.73. The lowest BCUT2D eigenvalue weighted by Crippen LogP contribution is -2.05. The molecule has 4 N–H and O–H groups in total. The Morgan fingerprint density at radius 3 is 2.30 bits per heavy atom. The first kappa shape index (κ1) is 17.4. The first-order chi connectivity index (χ1) is 13.1.